The summed E-state index contributed by atoms with van der Waals surface area (Å²) in [6.45, 7) is 1.06. The average molecular weight is 321 g/mol. The second-order valence-electron chi connectivity index (χ2n) is 5.57. The van der Waals surface area contributed by atoms with Crippen molar-refractivity contribution in [1.29, 1.82) is 0 Å². The number of carboxylic acids is 1. The second kappa shape index (κ2) is 6.55. The van der Waals surface area contributed by atoms with Crippen molar-refractivity contribution in [2.75, 3.05) is 27.1 Å². The molecule has 0 bridgehead atoms. The highest BCUT2D eigenvalue weighted by Crippen LogP contribution is 2.41. The number of carbonyl (C=O) groups excluding carboxylic acids is 1. The topological polar surface area (TPSA) is 85.3 Å². The summed E-state index contributed by atoms with van der Waals surface area (Å²) in [5.74, 6) is -0.978. The molecule has 1 unspecified atom stereocenters. The minimum Gasteiger partial charge on any atom is -0.479 e. The fourth-order valence-electron chi connectivity index (χ4n) is 3.24. The van der Waals surface area contributed by atoms with Gasteiger partial charge < -0.3 is 24.2 Å². The molecule has 1 aromatic carbocycles. The number of methoxy groups -OCH3 is 1. The number of hydrogen-bond acceptors (Lipinski definition) is 5. The van der Waals surface area contributed by atoms with Gasteiger partial charge in [0.25, 0.3) is 5.91 Å². The summed E-state index contributed by atoms with van der Waals surface area (Å²) in [6, 6.07) is 3.90. The molecule has 1 saturated heterocycles. The molecule has 2 aliphatic rings. The Morgan fingerprint density at radius 1 is 1.39 bits per heavy atom. The highest BCUT2D eigenvalue weighted by atomic mass is 16.7. The Balaban J connectivity index is 2.00. The summed E-state index contributed by atoms with van der Waals surface area (Å²) in [5.41, 5.74) is 0.797. The van der Waals surface area contributed by atoms with Crippen LogP contribution in [0.5, 0.6) is 5.75 Å². The van der Waals surface area contributed by atoms with Crippen LogP contribution in [0.1, 0.15) is 34.8 Å². The van der Waals surface area contributed by atoms with Gasteiger partial charge in [-0.1, -0.05) is 12.1 Å². The normalized spacial score (nSPS) is 21.3. The molecule has 1 atom stereocenters. The van der Waals surface area contributed by atoms with Crippen molar-refractivity contribution in [3.63, 3.8) is 0 Å². The summed E-state index contributed by atoms with van der Waals surface area (Å²) >= 11 is 0. The van der Waals surface area contributed by atoms with Crippen LogP contribution in [0.2, 0.25) is 0 Å². The van der Waals surface area contributed by atoms with Gasteiger partial charge in [0, 0.05) is 31.9 Å². The zero-order valence-electron chi connectivity index (χ0n) is 12.9. The molecule has 2 heterocycles. The highest BCUT2D eigenvalue weighted by Gasteiger charge is 2.46. The van der Waals surface area contributed by atoms with Crippen molar-refractivity contribution in [2.45, 2.75) is 24.9 Å². The molecule has 23 heavy (non-hydrogen) atoms. The lowest BCUT2D eigenvalue weighted by molar-refractivity contribution is -0.143. The molecule has 2 aliphatic heterocycles. The van der Waals surface area contributed by atoms with Crippen LogP contribution in [0.15, 0.2) is 18.2 Å². The van der Waals surface area contributed by atoms with Crippen LogP contribution >= 0.6 is 0 Å². The first kappa shape index (κ1) is 15.8. The smallest absolute Gasteiger partial charge is 0.331 e. The maximum Gasteiger partial charge on any atom is 0.331 e. The van der Waals surface area contributed by atoms with Gasteiger partial charge in [0.05, 0.1) is 5.56 Å². The standard InChI is InChI=1S/C16H19NO6/c1-21-9-23-12-4-2-3-11-13(12)15(18)17(14(11)16(19)20)10-5-7-22-8-6-10/h2-4,10,14H,5-9H2,1H3,(H,19,20). The second-order valence-corrected chi connectivity index (χ2v) is 5.57. The van der Waals surface area contributed by atoms with Crippen LogP contribution in [0.25, 0.3) is 0 Å². The van der Waals surface area contributed by atoms with E-state index in [0.717, 1.165) is 0 Å². The molecular weight excluding hydrogens is 302 g/mol. The summed E-state index contributed by atoms with van der Waals surface area (Å²) < 4.78 is 15.6. The lowest BCUT2D eigenvalue weighted by Crippen LogP contribution is -2.44. The van der Waals surface area contributed by atoms with Crippen LogP contribution in [-0.2, 0) is 14.3 Å². The first-order chi connectivity index (χ1) is 11.1. The Bertz CT molecular complexity index is 611. The van der Waals surface area contributed by atoms with E-state index >= 15 is 0 Å². The Morgan fingerprint density at radius 3 is 2.78 bits per heavy atom. The number of nitrogens with zero attached hydrogens (tertiary/aromatic N) is 1. The van der Waals surface area contributed by atoms with E-state index in [9.17, 15) is 14.7 Å². The van der Waals surface area contributed by atoms with Gasteiger partial charge in [0.2, 0.25) is 0 Å². The first-order valence-electron chi connectivity index (χ1n) is 7.53. The molecular formula is C16H19NO6. The van der Waals surface area contributed by atoms with Gasteiger partial charge in [-0.25, -0.2) is 4.79 Å². The molecule has 1 amide bonds. The Hall–Kier alpha value is -2.12. The number of benzene rings is 1. The van der Waals surface area contributed by atoms with E-state index in [1.165, 1.54) is 12.0 Å². The van der Waals surface area contributed by atoms with Crippen molar-refractivity contribution >= 4 is 11.9 Å². The van der Waals surface area contributed by atoms with Crippen LogP contribution in [0.4, 0.5) is 0 Å². The third kappa shape index (κ3) is 2.77. The van der Waals surface area contributed by atoms with Crippen molar-refractivity contribution in [3.05, 3.63) is 29.3 Å². The van der Waals surface area contributed by atoms with Gasteiger partial charge in [-0.05, 0) is 18.9 Å². The average Bonchev–Trinajstić information content (AvgIpc) is 2.87. The van der Waals surface area contributed by atoms with Gasteiger partial charge in [0.15, 0.2) is 12.8 Å². The molecule has 0 spiro atoms. The highest BCUT2D eigenvalue weighted by molar-refractivity contribution is 6.05. The van der Waals surface area contributed by atoms with Gasteiger partial charge in [-0.3, -0.25) is 4.79 Å². The molecule has 0 aliphatic carbocycles. The SMILES string of the molecule is COCOc1cccc2c1C(=O)N(C1CCOCC1)C2C(=O)O. The van der Waals surface area contributed by atoms with Gasteiger partial charge in [-0.15, -0.1) is 0 Å². The Kier molecular flexibility index (Phi) is 4.49. The third-order valence-electron chi connectivity index (χ3n) is 4.23. The fraction of sp³-hybridized carbons (Fsp3) is 0.500. The van der Waals surface area contributed by atoms with Crippen LogP contribution in [0, 0.1) is 0 Å². The van der Waals surface area contributed by atoms with E-state index in [2.05, 4.69) is 0 Å². The molecule has 1 N–H and O–H groups in total. The van der Waals surface area contributed by atoms with Crippen LogP contribution in [-0.4, -0.2) is 55.0 Å². The fourth-order valence-corrected chi connectivity index (χ4v) is 3.24. The summed E-state index contributed by atoms with van der Waals surface area (Å²) in [4.78, 5) is 26.2. The minimum atomic E-state index is -1.03. The van der Waals surface area contributed by atoms with E-state index in [1.807, 2.05) is 0 Å². The lowest BCUT2D eigenvalue weighted by Gasteiger charge is -2.34. The van der Waals surface area contributed by atoms with Gasteiger partial charge in [0.1, 0.15) is 5.75 Å². The minimum absolute atomic E-state index is 0.00125. The van der Waals surface area contributed by atoms with Crippen molar-refractivity contribution in [2.24, 2.45) is 0 Å². The molecule has 0 saturated carbocycles. The van der Waals surface area contributed by atoms with Gasteiger partial charge in [-0.2, -0.15) is 0 Å². The number of hydrogen-bond donors (Lipinski definition) is 1. The van der Waals surface area contributed by atoms with Gasteiger partial charge >= 0.3 is 5.97 Å². The number of rotatable bonds is 5. The quantitative estimate of drug-likeness (QED) is 0.826. The predicted octanol–water partition coefficient (Wildman–Crippen LogP) is 1.43. The predicted molar refractivity (Wildman–Crippen MR) is 79.3 cm³/mol. The number of fused-ring (bicyclic) bond motifs is 1. The molecule has 7 nitrogen and oxygen atoms in total. The molecule has 3 rings (SSSR count). The Morgan fingerprint density at radius 2 is 2.13 bits per heavy atom. The molecule has 7 heteroatoms. The number of carboxylic acid groups (broad SMARTS) is 1. The third-order valence-corrected chi connectivity index (χ3v) is 4.23. The lowest BCUT2D eigenvalue weighted by atomic mass is 10.0. The van der Waals surface area contributed by atoms with Crippen molar-refractivity contribution in [3.8, 4) is 5.75 Å². The molecule has 124 valence electrons. The maximum atomic E-state index is 12.9. The summed E-state index contributed by atoms with van der Waals surface area (Å²) in [7, 11) is 1.49. The number of ether oxygens (including phenoxy) is 3. The number of aliphatic carboxylic acids is 1. The summed E-state index contributed by atoms with van der Waals surface area (Å²) in [6.07, 6.45) is 1.27. The van der Waals surface area contributed by atoms with E-state index < -0.39 is 12.0 Å². The summed E-state index contributed by atoms with van der Waals surface area (Å²) in [5, 5.41) is 9.66. The van der Waals surface area contributed by atoms with E-state index in [0.29, 0.717) is 42.9 Å². The molecule has 0 radical (unpaired) electrons. The Labute approximate surface area is 133 Å². The number of carbonyl (C=O) groups is 2. The van der Waals surface area contributed by atoms with E-state index in [4.69, 9.17) is 14.2 Å². The maximum absolute atomic E-state index is 12.9. The molecule has 1 fully saturated rings. The van der Waals surface area contributed by atoms with E-state index in [1.54, 1.807) is 18.2 Å². The monoisotopic (exact) mass is 321 g/mol. The zero-order chi connectivity index (χ0) is 16.4. The van der Waals surface area contributed by atoms with Crippen molar-refractivity contribution in [1.82, 2.24) is 4.90 Å². The number of amides is 1. The first-order valence-corrected chi connectivity index (χ1v) is 7.53. The molecule has 0 aromatic heterocycles. The van der Waals surface area contributed by atoms with Crippen LogP contribution in [0.3, 0.4) is 0 Å². The van der Waals surface area contributed by atoms with Crippen LogP contribution < -0.4 is 4.74 Å². The largest absolute Gasteiger partial charge is 0.479 e. The van der Waals surface area contributed by atoms with E-state index in [-0.39, 0.29) is 18.7 Å². The van der Waals surface area contributed by atoms with Crippen molar-refractivity contribution < 1.29 is 28.9 Å². The zero-order valence-corrected chi connectivity index (χ0v) is 12.9. The molecule has 1 aromatic rings.